The number of carbonyl (C=O) groups is 1. The summed E-state index contributed by atoms with van der Waals surface area (Å²) >= 11 is 0. The molecule has 0 atom stereocenters. The minimum Gasteiger partial charge on any atom is -0.494 e. The summed E-state index contributed by atoms with van der Waals surface area (Å²) in [4.78, 5) is 11.3. The highest BCUT2D eigenvalue weighted by Gasteiger charge is 2.21. The number of hydrogen-bond donors (Lipinski definition) is 0. The van der Waals surface area contributed by atoms with Gasteiger partial charge in [0.15, 0.2) is 0 Å². The van der Waals surface area contributed by atoms with Gasteiger partial charge in [-0.2, -0.15) is 4.31 Å². The van der Waals surface area contributed by atoms with Crippen LogP contribution in [0.2, 0.25) is 0 Å². The maximum Gasteiger partial charge on any atom is 0.321 e. The first-order valence-corrected chi connectivity index (χ1v) is 8.31. The summed E-state index contributed by atoms with van der Waals surface area (Å²) in [5.74, 6) is -0.131. The second kappa shape index (κ2) is 7.99. The minimum atomic E-state index is -3.58. The number of sulfonamides is 1. The average molecular weight is 315 g/mol. The summed E-state index contributed by atoms with van der Waals surface area (Å²) < 4.78 is 35.5. The zero-order valence-electron chi connectivity index (χ0n) is 12.5. The SMILES string of the molecule is CCOC(=O)CN(C)S(=O)(=O)Cc1cccc(OCC)c1. The van der Waals surface area contributed by atoms with Crippen molar-refractivity contribution in [1.29, 1.82) is 0 Å². The second-order valence-electron chi connectivity index (χ2n) is 4.40. The molecule has 6 nitrogen and oxygen atoms in total. The largest absolute Gasteiger partial charge is 0.494 e. The van der Waals surface area contributed by atoms with Gasteiger partial charge in [0.1, 0.15) is 12.3 Å². The van der Waals surface area contributed by atoms with Crippen LogP contribution in [0, 0.1) is 0 Å². The lowest BCUT2D eigenvalue weighted by molar-refractivity contribution is -0.143. The number of benzene rings is 1. The quantitative estimate of drug-likeness (QED) is 0.678. The van der Waals surface area contributed by atoms with Crippen LogP contribution in [0.5, 0.6) is 5.75 Å². The molecule has 1 aromatic rings. The van der Waals surface area contributed by atoms with E-state index < -0.39 is 16.0 Å². The molecule has 0 aliphatic rings. The molecule has 0 aliphatic heterocycles. The van der Waals surface area contributed by atoms with Crippen molar-refractivity contribution >= 4 is 16.0 Å². The molecule has 0 radical (unpaired) electrons. The van der Waals surface area contributed by atoms with E-state index in [1.165, 1.54) is 7.05 Å². The summed E-state index contributed by atoms with van der Waals surface area (Å²) in [5, 5.41) is 0. The molecule has 0 saturated carbocycles. The summed E-state index contributed by atoms with van der Waals surface area (Å²) in [6, 6.07) is 6.89. The van der Waals surface area contributed by atoms with Crippen LogP contribution < -0.4 is 4.74 Å². The lowest BCUT2D eigenvalue weighted by atomic mass is 10.2. The van der Waals surface area contributed by atoms with Gasteiger partial charge >= 0.3 is 5.97 Å². The number of hydrogen-bond acceptors (Lipinski definition) is 5. The van der Waals surface area contributed by atoms with Gasteiger partial charge in [0.05, 0.1) is 19.0 Å². The third-order valence-electron chi connectivity index (χ3n) is 2.69. The van der Waals surface area contributed by atoms with Crippen molar-refractivity contribution in [3.63, 3.8) is 0 Å². The predicted octanol–water partition coefficient (Wildman–Crippen LogP) is 1.41. The predicted molar refractivity (Wildman–Crippen MR) is 79.5 cm³/mol. The topological polar surface area (TPSA) is 72.9 Å². The fourth-order valence-electron chi connectivity index (χ4n) is 1.70. The van der Waals surface area contributed by atoms with Gasteiger partial charge in [0.25, 0.3) is 0 Å². The zero-order chi connectivity index (χ0) is 15.9. The highest BCUT2D eigenvalue weighted by atomic mass is 32.2. The summed E-state index contributed by atoms with van der Waals surface area (Å²) in [5.41, 5.74) is 0.608. The van der Waals surface area contributed by atoms with Gasteiger partial charge in [-0.1, -0.05) is 12.1 Å². The highest BCUT2D eigenvalue weighted by Crippen LogP contribution is 2.16. The molecule has 0 aromatic heterocycles. The number of rotatable bonds is 8. The first kappa shape index (κ1) is 17.5. The Morgan fingerprint density at radius 3 is 2.57 bits per heavy atom. The minimum absolute atomic E-state index is 0.191. The van der Waals surface area contributed by atoms with Crippen molar-refractivity contribution in [1.82, 2.24) is 4.31 Å². The van der Waals surface area contributed by atoms with Gasteiger partial charge in [-0.05, 0) is 31.5 Å². The molecule has 0 spiro atoms. The van der Waals surface area contributed by atoms with Crippen LogP contribution in [0.15, 0.2) is 24.3 Å². The molecule has 118 valence electrons. The Morgan fingerprint density at radius 2 is 1.95 bits per heavy atom. The first-order valence-electron chi connectivity index (χ1n) is 6.70. The maximum absolute atomic E-state index is 12.2. The molecular formula is C14H21NO5S. The van der Waals surface area contributed by atoms with Gasteiger partial charge in [-0.15, -0.1) is 0 Å². The van der Waals surface area contributed by atoms with Gasteiger partial charge in [-0.3, -0.25) is 4.79 Å². The van der Waals surface area contributed by atoms with Gasteiger partial charge in [-0.25, -0.2) is 8.42 Å². The van der Waals surface area contributed by atoms with E-state index in [1.807, 2.05) is 6.92 Å². The van der Waals surface area contributed by atoms with Crippen LogP contribution in [-0.2, 0) is 25.3 Å². The van der Waals surface area contributed by atoms with E-state index in [4.69, 9.17) is 9.47 Å². The second-order valence-corrected chi connectivity index (χ2v) is 6.47. The molecule has 0 bridgehead atoms. The first-order chi connectivity index (χ1) is 9.89. The highest BCUT2D eigenvalue weighted by molar-refractivity contribution is 7.88. The van der Waals surface area contributed by atoms with Crippen LogP contribution in [0.1, 0.15) is 19.4 Å². The Kier molecular flexibility index (Phi) is 6.64. The lowest BCUT2D eigenvalue weighted by Crippen LogP contribution is -2.33. The summed E-state index contributed by atoms with van der Waals surface area (Å²) in [6.45, 7) is 3.98. The molecule has 1 aromatic carbocycles. The third kappa shape index (κ3) is 5.73. The Morgan fingerprint density at radius 1 is 1.24 bits per heavy atom. The fraction of sp³-hybridized carbons (Fsp3) is 0.500. The molecule has 7 heteroatoms. The van der Waals surface area contributed by atoms with Crippen molar-refractivity contribution in [3.8, 4) is 5.75 Å². The number of nitrogens with zero attached hydrogens (tertiary/aromatic N) is 1. The van der Waals surface area contributed by atoms with Crippen molar-refractivity contribution in [2.75, 3.05) is 26.8 Å². The molecule has 0 amide bonds. The van der Waals surface area contributed by atoms with Gasteiger partial charge in [0, 0.05) is 7.05 Å². The Hall–Kier alpha value is -1.60. The molecule has 0 heterocycles. The Balaban J connectivity index is 2.75. The van der Waals surface area contributed by atoms with Gasteiger partial charge in [0.2, 0.25) is 10.0 Å². The van der Waals surface area contributed by atoms with E-state index in [1.54, 1.807) is 31.2 Å². The van der Waals surface area contributed by atoms with Crippen LogP contribution in [0.3, 0.4) is 0 Å². The standard InChI is InChI=1S/C14H21NO5S/c1-4-19-13-8-6-7-12(9-13)11-21(17,18)15(3)10-14(16)20-5-2/h6-9H,4-5,10-11H2,1-3H3. The van der Waals surface area contributed by atoms with Gasteiger partial charge < -0.3 is 9.47 Å². The number of carbonyl (C=O) groups excluding carboxylic acids is 1. The summed E-state index contributed by atoms with van der Waals surface area (Å²) in [7, 11) is -2.22. The molecule has 0 fully saturated rings. The fourth-order valence-corrected chi connectivity index (χ4v) is 2.82. The molecular weight excluding hydrogens is 294 g/mol. The lowest BCUT2D eigenvalue weighted by Gasteiger charge is -2.16. The molecule has 21 heavy (non-hydrogen) atoms. The molecule has 0 saturated heterocycles. The van der Waals surface area contributed by atoms with E-state index in [9.17, 15) is 13.2 Å². The monoisotopic (exact) mass is 315 g/mol. The van der Waals surface area contributed by atoms with E-state index >= 15 is 0 Å². The van der Waals surface area contributed by atoms with E-state index in [0.717, 1.165) is 4.31 Å². The average Bonchev–Trinajstić information content (AvgIpc) is 2.39. The number of likely N-dealkylation sites (N-methyl/N-ethyl adjacent to an activating group) is 1. The molecule has 0 unspecified atom stereocenters. The van der Waals surface area contributed by atoms with Crippen molar-refractivity contribution in [3.05, 3.63) is 29.8 Å². The zero-order valence-corrected chi connectivity index (χ0v) is 13.4. The number of esters is 1. The number of ether oxygens (including phenoxy) is 2. The molecule has 0 aliphatic carbocycles. The maximum atomic E-state index is 12.2. The van der Waals surface area contributed by atoms with E-state index in [0.29, 0.717) is 17.9 Å². The third-order valence-corrected chi connectivity index (χ3v) is 4.47. The van der Waals surface area contributed by atoms with Crippen LogP contribution in [0.4, 0.5) is 0 Å². The van der Waals surface area contributed by atoms with E-state index in [-0.39, 0.29) is 18.9 Å². The van der Waals surface area contributed by atoms with E-state index in [2.05, 4.69) is 0 Å². The van der Waals surface area contributed by atoms with Crippen molar-refractivity contribution in [2.24, 2.45) is 0 Å². The van der Waals surface area contributed by atoms with Crippen LogP contribution >= 0.6 is 0 Å². The van der Waals surface area contributed by atoms with Crippen molar-refractivity contribution < 1.29 is 22.7 Å². The van der Waals surface area contributed by atoms with Crippen LogP contribution in [0.25, 0.3) is 0 Å². The van der Waals surface area contributed by atoms with Crippen LogP contribution in [-0.4, -0.2) is 45.5 Å². The van der Waals surface area contributed by atoms with Crippen molar-refractivity contribution in [2.45, 2.75) is 19.6 Å². The Labute approximate surface area is 125 Å². The normalized spacial score (nSPS) is 11.4. The Bertz CT molecular complexity index is 570. The smallest absolute Gasteiger partial charge is 0.321 e. The summed E-state index contributed by atoms with van der Waals surface area (Å²) in [6.07, 6.45) is 0. The molecule has 0 N–H and O–H groups in total. The molecule has 1 rings (SSSR count).